The molecule has 0 amide bonds. The van der Waals surface area contributed by atoms with Crippen LogP contribution in [0.25, 0.3) is 0 Å². The van der Waals surface area contributed by atoms with E-state index >= 15 is 0 Å². The van der Waals surface area contributed by atoms with Gasteiger partial charge in [-0.1, -0.05) is 37.3 Å². The Hall–Kier alpha value is -2.18. The summed E-state index contributed by atoms with van der Waals surface area (Å²) in [4.78, 5) is 4.04. The average molecular weight is 251 g/mol. The zero-order valence-corrected chi connectivity index (χ0v) is 11.1. The smallest absolute Gasteiger partial charge is 0.144 e. The average Bonchev–Trinajstić information content (AvgIpc) is 2.48. The molecule has 1 N–H and O–H groups in total. The molecule has 0 bridgehead atoms. The maximum atomic E-state index is 8.95. The summed E-state index contributed by atoms with van der Waals surface area (Å²) < 4.78 is 0. The lowest BCUT2D eigenvalue weighted by molar-refractivity contribution is 0.689. The second-order valence-electron chi connectivity index (χ2n) is 4.40. The molecular formula is C16H17N3. The summed E-state index contributed by atoms with van der Waals surface area (Å²) in [5.41, 5.74) is 4.04. The second kappa shape index (κ2) is 6.67. The Labute approximate surface area is 113 Å². The molecule has 2 aromatic rings. The van der Waals surface area contributed by atoms with Gasteiger partial charge in [-0.05, 0) is 23.6 Å². The van der Waals surface area contributed by atoms with Crippen LogP contribution in [-0.4, -0.2) is 4.98 Å². The fourth-order valence-electron chi connectivity index (χ4n) is 1.92. The molecule has 0 unspecified atom stereocenters. The summed E-state index contributed by atoms with van der Waals surface area (Å²) in [6, 6.07) is 14.5. The first-order valence-corrected chi connectivity index (χ1v) is 6.46. The van der Waals surface area contributed by atoms with E-state index in [0.717, 1.165) is 18.5 Å². The number of rotatable bonds is 5. The number of aromatic nitrogens is 1. The summed E-state index contributed by atoms with van der Waals surface area (Å²) in [6.07, 6.45) is 2.71. The van der Waals surface area contributed by atoms with E-state index in [4.69, 9.17) is 5.26 Å². The lowest BCUT2D eigenvalue weighted by Crippen LogP contribution is -2.14. The van der Waals surface area contributed by atoms with Crippen LogP contribution in [-0.2, 0) is 19.5 Å². The molecule has 1 aromatic heterocycles. The van der Waals surface area contributed by atoms with Crippen LogP contribution in [0.5, 0.6) is 0 Å². The highest BCUT2D eigenvalue weighted by Crippen LogP contribution is 2.06. The predicted octanol–water partition coefficient (Wildman–Crippen LogP) is 2.81. The normalized spacial score (nSPS) is 10.1. The van der Waals surface area contributed by atoms with E-state index < -0.39 is 0 Å². The predicted molar refractivity (Wildman–Crippen MR) is 75.3 cm³/mol. The van der Waals surface area contributed by atoms with Crippen molar-refractivity contribution in [2.45, 2.75) is 26.4 Å². The number of hydrogen-bond donors (Lipinski definition) is 1. The Bertz CT molecular complexity index is 567. The van der Waals surface area contributed by atoms with E-state index in [0.29, 0.717) is 12.2 Å². The molecule has 3 nitrogen and oxygen atoms in total. The molecule has 0 aliphatic rings. The molecule has 0 aliphatic carbocycles. The number of nitrogens with one attached hydrogen (secondary N) is 1. The molecule has 0 radical (unpaired) electrons. The zero-order valence-electron chi connectivity index (χ0n) is 11.1. The van der Waals surface area contributed by atoms with Crippen molar-refractivity contribution >= 4 is 0 Å². The minimum atomic E-state index is 0.497. The van der Waals surface area contributed by atoms with Gasteiger partial charge in [0.25, 0.3) is 0 Å². The molecule has 0 saturated carbocycles. The molecule has 1 aromatic carbocycles. The molecule has 0 spiro atoms. The Morgan fingerprint density at radius 1 is 1.11 bits per heavy atom. The molecule has 0 atom stereocenters. The number of benzene rings is 1. The highest BCUT2D eigenvalue weighted by molar-refractivity contribution is 5.30. The third-order valence-electron chi connectivity index (χ3n) is 3.07. The second-order valence-corrected chi connectivity index (χ2v) is 4.40. The fraction of sp³-hybridized carbons (Fsp3) is 0.250. The van der Waals surface area contributed by atoms with Gasteiger partial charge in [0.2, 0.25) is 0 Å². The van der Waals surface area contributed by atoms with Crippen molar-refractivity contribution < 1.29 is 0 Å². The van der Waals surface area contributed by atoms with E-state index in [1.54, 1.807) is 6.20 Å². The van der Waals surface area contributed by atoms with Crippen LogP contribution in [0.4, 0.5) is 0 Å². The van der Waals surface area contributed by atoms with E-state index in [1.807, 2.05) is 12.1 Å². The highest BCUT2D eigenvalue weighted by Gasteiger charge is 2.01. The molecule has 0 aliphatic heterocycles. The summed E-state index contributed by atoms with van der Waals surface area (Å²) in [5.74, 6) is 0. The van der Waals surface area contributed by atoms with Gasteiger partial charge in [0, 0.05) is 24.8 Å². The maximum absolute atomic E-state index is 8.95. The quantitative estimate of drug-likeness (QED) is 0.889. The van der Waals surface area contributed by atoms with Gasteiger partial charge in [-0.2, -0.15) is 5.26 Å². The lowest BCUT2D eigenvalue weighted by atomic mass is 10.1. The number of nitriles is 1. The summed E-state index contributed by atoms with van der Waals surface area (Å²) in [5, 5.41) is 12.3. The maximum Gasteiger partial charge on any atom is 0.144 e. The Kier molecular flexibility index (Phi) is 4.66. The van der Waals surface area contributed by atoms with Crippen LogP contribution < -0.4 is 5.32 Å². The molecule has 1 heterocycles. The van der Waals surface area contributed by atoms with Crippen LogP contribution in [0.1, 0.15) is 29.3 Å². The third kappa shape index (κ3) is 3.64. The van der Waals surface area contributed by atoms with E-state index in [9.17, 15) is 0 Å². The Morgan fingerprint density at radius 2 is 1.84 bits per heavy atom. The largest absolute Gasteiger partial charge is 0.309 e. The standard InChI is InChI=1S/C16H17N3/c1-2-13-5-7-14(8-6-13)11-18-12-15-4-3-9-19-16(15)10-17/h3-9,18H,2,11-12H2,1H3. The summed E-state index contributed by atoms with van der Waals surface area (Å²) >= 11 is 0. The van der Waals surface area contributed by atoms with Gasteiger partial charge in [0.15, 0.2) is 0 Å². The SMILES string of the molecule is CCc1ccc(CNCc2cccnc2C#N)cc1. The minimum Gasteiger partial charge on any atom is -0.309 e. The topological polar surface area (TPSA) is 48.7 Å². The third-order valence-corrected chi connectivity index (χ3v) is 3.07. The zero-order chi connectivity index (χ0) is 13.5. The Balaban J connectivity index is 1.91. The number of aryl methyl sites for hydroxylation is 1. The fourth-order valence-corrected chi connectivity index (χ4v) is 1.92. The number of pyridine rings is 1. The van der Waals surface area contributed by atoms with Crippen molar-refractivity contribution in [2.24, 2.45) is 0 Å². The molecular weight excluding hydrogens is 234 g/mol. The van der Waals surface area contributed by atoms with E-state index in [-0.39, 0.29) is 0 Å². The summed E-state index contributed by atoms with van der Waals surface area (Å²) in [7, 11) is 0. The van der Waals surface area contributed by atoms with E-state index in [1.165, 1.54) is 11.1 Å². The molecule has 3 heteroatoms. The van der Waals surface area contributed by atoms with Gasteiger partial charge in [0.1, 0.15) is 11.8 Å². The minimum absolute atomic E-state index is 0.497. The van der Waals surface area contributed by atoms with Crippen LogP contribution in [0, 0.1) is 11.3 Å². The van der Waals surface area contributed by atoms with Gasteiger partial charge in [-0.15, -0.1) is 0 Å². The first kappa shape index (κ1) is 13.3. The van der Waals surface area contributed by atoms with Crippen molar-refractivity contribution in [3.8, 4) is 6.07 Å². The van der Waals surface area contributed by atoms with Crippen LogP contribution in [0.15, 0.2) is 42.6 Å². The van der Waals surface area contributed by atoms with Gasteiger partial charge >= 0.3 is 0 Å². The molecule has 19 heavy (non-hydrogen) atoms. The van der Waals surface area contributed by atoms with Crippen molar-refractivity contribution in [1.82, 2.24) is 10.3 Å². The van der Waals surface area contributed by atoms with Crippen molar-refractivity contribution in [1.29, 1.82) is 5.26 Å². The number of nitrogens with zero attached hydrogens (tertiary/aromatic N) is 2. The van der Waals surface area contributed by atoms with E-state index in [2.05, 4.69) is 47.6 Å². The first-order chi connectivity index (χ1) is 9.33. The molecule has 0 saturated heterocycles. The van der Waals surface area contributed by atoms with Gasteiger partial charge < -0.3 is 5.32 Å². The van der Waals surface area contributed by atoms with Crippen molar-refractivity contribution in [3.05, 3.63) is 65.0 Å². The highest BCUT2D eigenvalue weighted by atomic mass is 14.9. The lowest BCUT2D eigenvalue weighted by Gasteiger charge is -2.06. The summed E-state index contributed by atoms with van der Waals surface area (Å²) in [6.45, 7) is 3.61. The van der Waals surface area contributed by atoms with Crippen LogP contribution in [0.3, 0.4) is 0 Å². The molecule has 96 valence electrons. The van der Waals surface area contributed by atoms with Crippen molar-refractivity contribution in [2.75, 3.05) is 0 Å². The van der Waals surface area contributed by atoms with Gasteiger partial charge in [-0.25, -0.2) is 4.98 Å². The van der Waals surface area contributed by atoms with Crippen molar-refractivity contribution in [3.63, 3.8) is 0 Å². The molecule has 2 rings (SSSR count). The van der Waals surface area contributed by atoms with Crippen LogP contribution >= 0.6 is 0 Å². The Morgan fingerprint density at radius 3 is 2.53 bits per heavy atom. The van der Waals surface area contributed by atoms with Gasteiger partial charge in [0.05, 0.1) is 0 Å². The monoisotopic (exact) mass is 251 g/mol. The van der Waals surface area contributed by atoms with Gasteiger partial charge in [-0.3, -0.25) is 0 Å². The number of hydrogen-bond acceptors (Lipinski definition) is 3. The van der Waals surface area contributed by atoms with Crippen LogP contribution in [0.2, 0.25) is 0 Å². The molecule has 0 fully saturated rings. The first-order valence-electron chi connectivity index (χ1n) is 6.46.